The van der Waals surface area contributed by atoms with E-state index in [9.17, 15) is 0 Å². The van der Waals surface area contributed by atoms with Crippen molar-refractivity contribution in [3.05, 3.63) is 0 Å². The van der Waals surface area contributed by atoms with Gasteiger partial charge in [0.15, 0.2) is 0 Å². The van der Waals surface area contributed by atoms with Crippen molar-refractivity contribution in [3.63, 3.8) is 0 Å². The van der Waals surface area contributed by atoms with Crippen LogP contribution < -0.4 is 0 Å². The summed E-state index contributed by atoms with van der Waals surface area (Å²) < 4.78 is 5.79. The lowest BCUT2D eigenvalue weighted by molar-refractivity contribution is -0.0405. The Hall–Kier alpha value is -0.0800. The standard InChI is InChI=1S/C10H21NO/c1-8(2)12-10-5-9(3)6-11(4)7-10/h8-10H,5-7H2,1-4H3. The number of piperidine rings is 1. The van der Waals surface area contributed by atoms with E-state index in [1.54, 1.807) is 0 Å². The highest BCUT2D eigenvalue weighted by molar-refractivity contribution is 4.75. The van der Waals surface area contributed by atoms with Crippen molar-refractivity contribution in [1.82, 2.24) is 4.90 Å². The monoisotopic (exact) mass is 171 g/mol. The van der Waals surface area contributed by atoms with Crippen LogP contribution in [0.5, 0.6) is 0 Å². The highest BCUT2D eigenvalue weighted by Gasteiger charge is 2.23. The maximum atomic E-state index is 5.79. The Morgan fingerprint density at radius 1 is 1.33 bits per heavy atom. The number of nitrogens with zero attached hydrogens (tertiary/aromatic N) is 1. The third-order valence-corrected chi connectivity index (χ3v) is 2.27. The number of ether oxygens (including phenoxy) is 1. The van der Waals surface area contributed by atoms with Gasteiger partial charge in [-0.25, -0.2) is 0 Å². The van der Waals surface area contributed by atoms with Gasteiger partial charge in [-0.05, 0) is 33.2 Å². The topological polar surface area (TPSA) is 12.5 Å². The van der Waals surface area contributed by atoms with Gasteiger partial charge in [-0.3, -0.25) is 0 Å². The van der Waals surface area contributed by atoms with E-state index in [2.05, 4.69) is 32.7 Å². The maximum Gasteiger partial charge on any atom is 0.0708 e. The van der Waals surface area contributed by atoms with Crippen molar-refractivity contribution in [2.45, 2.75) is 39.4 Å². The first-order valence-electron chi connectivity index (χ1n) is 4.92. The van der Waals surface area contributed by atoms with Gasteiger partial charge < -0.3 is 9.64 Å². The van der Waals surface area contributed by atoms with E-state index in [1.807, 2.05) is 0 Å². The van der Waals surface area contributed by atoms with Crippen LogP contribution in [0, 0.1) is 5.92 Å². The minimum absolute atomic E-state index is 0.369. The average molecular weight is 171 g/mol. The molecule has 2 heteroatoms. The van der Waals surface area contributed by atoms with Crippen LogP contribution in [0.25, 0.3) is 0 Å². The largest absolute Gasteiger partial charge is 0.374 e. The lowest BCUT2D eigenvalue weighted by Crippen LogP contribution is -2.42. The summed E-state index contributed by atoms with van der Waals surface area (Å²) in [5.74, 6) is 0.785. The van der Waals surface area contributed by atoms with Crippen LogP contribution in [0.2, 0.25) is 0 Å². The van der Waals surface area contributed by atoms with Gasteiger partial charge in [0.2, 0.25) is 0 Å². The molecule has 1 aliphatic heterocycles. The SMILES string of the molecule is CC1CC(OC(C)C)CN(C)C1. The van der Waals surface area contributed by atoms with Gasteiger partial charge in [0.1, 0.15) is 0 Å². The van der Waals surface area contributed by atoms with Crippen LogP contribution in [0.15, 0.2) is 0 Å². The molecule has 0 aromatic carbocycles. The van der Waals surface area contributed by atoms with Crippen molar-refractivity contribution in [1.29, 1.82) is 0 Å². The zero-order chi connectivity index (χ0) is 9.14. The first kappa shape index (κ1) is 10.0. The summed E-state index contributed by atoms with van der Waals surface area (Å²) in [4.78, 5) is 2.36. The molecule has 72 valence electrons. The number of hydrogen-bond acceptors (Lipinski definition) is 2. The van der Waals surface area contributed by atoms with Crippen LogP contribution in [0.1, 0.15) is 27.2 Å². The zero-order valence-electron chi connectivity index (χ0n) is 8.71. The van der Waals surface area contributed by atoms with Gasteiger partial charge in [-0.1, -0.05) is 6.92 Å². The molecular weight excluding hydrogens is 150 g/mol. The molecule has 1 aliphatic rings. The van der Waals surface area contributed by atoms with Crippen molar-refractivity contribution in [3.8, 4) is 0 Å². The molecule has 0 amide bonds. The second kappa shape index (κ2) is 4.24. The third-order valence-electron chi connectivity index (χ3n) is 2.27. The van der Waals surface area contributed by atoms with Gasteiger partial charge in [0, 0.05) is 13.1 Å². The molecule has 0 aliphatic carbocycles. The fourth-order valence-electron chi connectivity index (χ4n) is 2.04. The molecule has 0 spiro atoms. The molecule has 1 fully saturated rings. The van der Waals surface area contributed by atoms with Crippen molar-refractivity contribution in [2.75, 3.05) is 20.1 Å². The van der Waals surface area contributed by atoms with Crippen LogP contribution >= 0.6 is 0 Å². The minimum atomic E-state index is 0.369. The Morgan fingerprint density at radius 2 is 2.00 bits per heavy atom. The van der Waals surface area contributed by atoms with E-state index in [4.69, 9.17) is 4.74 Å². The highest BCUT2D eigenvalue weighted by Crippen LogP contribution is 2.18. The second-order valence-electron chi connectivity index (χ2n) is 4.37. The van der Waals surface area contributed by atoms with Gasteiger partial charge in [0.05, 0.1) is 12.2 Å². The molecule has 0 aromatic rings. The Morgan fingerprint density at radius 3 is 2.50 bits per heavy atom. The molecule has 1 saturated heterocycles. The lowest BCUT2D eigenvalue weighted by Gasteiger charge is -2.34. The number of likely N-dealkylation sites (N-methyl/N-ethyl adjacent to an activating group) is 1. The van der Waals surface area contributed by atoms with E-state index >= 15 is 0 Å². The fourth-order valence-corrected chi connectivity index (χ4v) is 2.04. The lowest BCUT2D eigenvalue weighted by atomic mass is 9.98. The van der Waals surface area contributed by atoms with Gasteiger partial charge >= 0.3 is 0 Å². The van der Waals surface area contributed by atoms with E-state index < -0.39 is 0 Å². The molecule has 2 atom stereocenters. The quantitative estimate of drug-likeness (QED) is 0.627. The van der Waals surface area contributed by atoms with Crippen LogP contribution in [-0.4, -0.2) is 37.2 Å². The van der Waals surface area contributed by atoms with Crippen molar-refractivity contribution < 1.29 is 4.74 Å². The Labute approximate surface area is 75.9 Å². The van der Waals surface area contributed by atoms with Gasteiger partial charge in [-0.15, -0.1) is 0 Å². The minimum Gasteiger partial charge on any atom is -0.374 e. The first-order valence-corrected chi connectivity index (χ1v) is 4.92. The molecule has 0 N–H and O–H groups in total. The predicted octanol–water partition coefficient (Wildman–Crippen LogP) is 1.75. The highest BCUT2D eigenvalue weighted by atomic mass is 16.5. The predicted molar refractivity (Wildman–Crippen MR) is 51.3 cm³/mol. The van der Waals surface area contributed by atoms with Crippen molar-refractivity contribution >= 4 is 0 Å². The normalized spacial score (nSPS) is 32.8. The summed E-state index contributed by atoms with van der Waals surface area (Å²) in [6.45, 7) is 8.84. The number of hydrogen-bond donors (Lipinski definition) is 0. The summed E-state index contributed by atoms with van der Waals surface area (Å²) in [5, 5.41) is 0. The van der Waals surface area contributed by atoms with E-state index in [-0.39, 0.29) is 0 Å². The van der Waals surface area contributed by atoms with E-state index in [0.717, 1.165) is 12.5 Å². The summed E-state index contributed by atoms with van der Waals surface area (Å²) in [6.07, 6.45) is 2.05. The van der Waals surface area contributed by atoms with E-state index in [1.165, 1.54) is 13.0 Å². The number of rotatable bonds is 2. The molecule has 0 aromatic heterocycles. The smallest absolute Gasteiger partial charge is 0.0708 e. The molecule has 12 heavy (non-hydrogen) atoms. The molecule has 0 radical (unpaired) electrons. The fraction of sp³-hybridized carbons (Fsp3) is 1.00. The Balaban J connectivity index is 2.34. The zero-order valence-corrected chi connectivity index (χ0v) is 8.71. The molecule has 1 heterocycles. The molecule has 0 saturated carbocycles. The van der Waals surface area contributed by atoms with E-state index in [0.29, 0.717) is 12.2 Å². The van der Waals surface area contributed by atoms with Crippen molar-refractivity contribution in [2.24, 2.45) is 5.92 Å². The van der Waals surface area contributed by atoms with Gasteiger partial charge in [0.25, 0.3) is 0 Å². The van der Waals surface area contributed by atoms with Crippen LogP contribution in [-0.2, 0) is 4.74 Å². The summed E-state index contributed by atoms with van der Waals surface area (Å²) in [7, 11) is 2.17. The third kappa shape index (κ3) is 3.11. The first-order chi connectivity index (χ1) is 5.58. The van der Waals surface area contributed by atoms with Gasteiger partial charge in [-0.2, -0.15) is 0 Å². The molecular formula is C10H21NO. The average Bonchev–Trinajstić information content (AvgIpc) is 1.81. The Bertz CT molecular complexity index is 123. The summed E-state index contributed by atoms with van der Waals surface area (Å²) >= 11 is 0. The summed E-state index contributed by atoms with van der Waals surface area (Å²) in [6, 6.07) is 0. The number of likely N-dealkylation sites (tertiary alicyclic amines) is 1. The molecule has 2 unspecified atom stereocenters. The maximum absolute atomic E-state index is 5.79. The van der Waals surface area contributed by atoms with Crippen LogP contribution in [0.3, 0.4) is 0 Å². The Kier molecular flexibility index (Phi) is 3.53. The van der Waals surface area contributed by atoms with Crippen LogP contribution in [0.4, 0.5) is 0 Å². The summed E-state index contributed by atoms with van der Waals surface area (Å²) in [5.41, 5.74) is 0. The molecule has 1 rings (SSSR count). The molecule has 2 nitrogen and oxygen atoms in total. The second-order valence-corrected chi connectivity index (χ2v) is 4.37. The molecule has 0 bridgehead atoms.